The van der Waals surface area contributed by atoms with Gasteiger partial charge in [0.1, 0.15) is 0 Å². The summed E-state index contributed by atoms with van der Waals surface area (Å²) < 4.78 is 6.59. The van der Waals surface area contributed by atoms with Crippen LogP contribution in [0.3, 0.4) is 0 Å². The van der Waals surface area contributed by atoms with Gasteiger partial charge in [0.05, 0.1) is 29.4 Å². The summed E-state index contributed by atoms with van der Waals surface area (Å²) in [6.07, 6.45) is 1.85. The standard InChI is InChI=1S/C14H19BrClNO2/c1-9-6-14(8-18,7-10(2)19-9)17-11-3-4-13(16)12(15)5-11/h3-5,9-10,17-18H,6-8H2,1-2H3. The number of rotatable bonds is 3. The van der Waals surface area contributed by atoms with Gasteiger partial charge in [-0.15, -0.1) is 0 Å². The Morgan fingerprint density at radius 3 is 2.58 bits per heavy atom. The molecule has 106 valence electrons. The highest BCUT2D eigenvalue weighted by Crippen LogP contribution is 2.33. The molecule has 0 spiro atoms. The molecule has 3 nitrogen and oxygen atoms in total. The minimum Gasteiger partial charge on any atom is -0.394 e. The molecule has 0 amide bonds. The molecule has 0 aliphatic carbocycles. The fraction of sp³-hybridized carbons (Fsp3) is 0.571. The van der Waals surface area contributed by atoms with Crippen molar-refractivity contribution in [3.8, 4) is 0 Å². The van der Waals surface area contributed by atoms with E-state index in [-0.39, 0.29) is 24.4 Å². The summed E-state index contributed by atoms with van der Waals surface area (Å²) >= 11 is 9.41. The summed E-state index contributed by atoms with van der Waals surface area (Å²) in [6.45, 7) is 4.17. The van der Waals surface area contributed by atoms with Gasteiger partial charge in [0, 0.05) is 10.2 Å². The molecule has 2 unspecified atom stereocenters. The molecule has 1 aromatic rings. The average Bonchev–Trinajstić information content (AvgIpc) is 2.32. The van der Waals surface area contributed by atoms with Gasteiger partial charge >= 0.3 is 0 Å². The Hall–Kier alpha value is -0.290. The zero-order chi connectivity index (χ0) is 14.0. The number of hydrogen-bond donors (Lipinski definition) is 2. The molecular formula is C14H19BrClNO2. The molecule has 2 N–H and O–H groups in total. The highest BCUT2D eigenvalue weighted by Gasteiger charge is 2.38. The number of ether oxygens (including phenoxy) is 1. The van der Waals surface area contributed by atoms with Crippen LogP contribution in [-0.2, 0) is 4.74 Å². The first-order valence-corrected chi connectivity index (χ1v) is 7.61. The maximum atomic E-state index is 9.81. The van der Waals surface area contributed by atoms with Crippen molar-refractivity contribution in [1.29, 1.82) is 0 Å². The van der Waals surface area contributed by atoms with Gasteiger partial charge in [0.15, 0.2) is 0 Å². The normalized spacial score (nSPS) is 31.2. The maximum absolute atomic E-state index is 9.81. The van der Waals surface area contributed by atoms with Crippen molar-refractivity contribution in [3.63, 3.8) is 0 Å². The van der Waals surface area contributed by atoms with E-state index in [0.29, 0.717) is 5.02 Å². The number of aliphatic hydroxyl groups excluding tert-OH is 1. The van der Waals surface area contributed by atoms with Gasteiger partial charge in [-0.2, -0.15) is 0 Å². The molecule has 5 heteroatoms. The molecule has 1 saturated heterocycles. The number of benzene rings is 1. The summed E-state index contributed by atoms with van der Waals surface area (Å²) in [5.41, 5.74) is 0.622. The van der Waals surface area contributed by atoms with Crippen molar-refractivity contribution >= 4 is 33.2 Å². The van der Waals surface area contributed by atoms with Gasteiger partial charge in [0.2, 0.25) is 0 Å². The van der Waals surface area contributed by atoms with Crippen LogP contribution in [0.2, 0.25) is 5.02 Å². The first-order chi connectivity index (χ1) is 8.94. The molecule has 0 saturated carbocycles. The molecule has 1 aliphatic rings. The smallest absolute Gasteiger partial charge is 0.0663 e. The van der Waals surface area contributed by atoms with Crippen molar-refractivity contribution in [1.82, 2.24) is 0 Å². The van der Waals surface area contributed by atoms with Gasteiger partial charge in [0.25, 0.3) is 0 Å². The summed E-state index contributed by atoms with van der Waals surface area (Å²) in [6, 6.07) is 5.70. The molecule has 0 aromatic heterocycles. The minimum atomic E-state index is -0.329. The molecule has 1 aromatic carbocycles. The van der Waals surface area contributed by atoms with E-state index in [4.69, 9.17) is 16.3 Å². The second kappa shape index (κ2) is 6.00. The van der Waals surface area contributed by atoms with Crippen LogP contribution in [0.25, 0.3) is 0 Å². The van der Waals surface area contributed by atoms with E-state index < -0.39 is 0 Å². The summed E-state index contributed by atoms with van der Waals surface area (Å²) in [4.78, 5) is 0. The lowest BCUT2D eigenvalue weighted by atomic mass is 9.84. The first-order valence-electron chi connectivity index (χ1n) is 6.44. The van der Waals surface area contributed by atoms with Gasteiger partial charge in [-0.1, -0.05) is 11.6 Å². The lowest BCUT2D eigenvalue weighted by Gasteiger charge is -2.43. The Morgan fingerprint density at radius 1 is 1.42 bits per heavy atom. The Labute approximate surface area is 127 Å². The first kappa shape index (κ1) is 15.1. The zero-order valence-electron chi connectivity index (χ0n) is 11.1. The topological polar surface area (TPSA) is 41.5 Å². The maximum Gasteiger partial charge on any atom is 0.0663 e. The largest absolute Gasteiger partial charge is 0.394 e. The predicted molar refractivity (Wildman–Crippen MR) is 81.8 cm³/mol. The Kier molecular flexibility index (Phi) is 4.77. The van der Waals surface area contributed by atoms with Crippen LogP contribution >= 0.6 is 27.5 Å². The number of anilines is 1. The van der Waals surface area contributed by atoms with Crippen molar-refractivity contribution in [2.24, 2.45) is 0 Å². The second-order valence-corrected chi connectivity index (χ2v) is 6.62. The van der Waals surface area contributed by atoms with E-state index in [0.717, 1.165) is 23.0 Å². The van der Waals surface area contributed by atoms with Crippen LogP contribution in [0.4, 0.5) is 5.69 Å². The molecule has 0 bridgehead atoms. The third-order valence-corrected chi connectivity index (χ3v) is 4.67. The second-order valence-electron chi connectivity index (χ2n) is 5.36. The molecule has 1 fully saturated rings. The van der Waals surface area contributed by atoms with Gasteiger partial charge < -0.3 is 15.2 Å². The monoisotopic (exact) mass is 347 g/mol. The van der Waals surface area contributed by atoms with E-state index in [1.54, 1.807) is 0 Å². The van der Waals surface area contributed by atoms with Crippen molar-refractivity contribution in [3.05, 3.63) is 27.7 Å². The van der Waals surface area contributed by atoms with E-state index in [9.17, 15) is 5.11 Å². The fourth-order valence-corrected chi connectivity index (χ4v) is 3.32. The van der Waals surface area contributed by atoms with Gasteiger partial charge in [-0.3, -0.25) is 0 Å². The molecule has 1 aliphatic heterocycles. The summed E-state index contributed by atoms with van der Waals surface area (Å²) in [5, 5.41) is 13.9. The van der Waals surface area contributed by atoms with Gasteiger partial charge in [-0.05, 0) is 60.8 Å². The third-order valence-electron chi connectivity index (χ3n) is 3.45. The van der Waals surface area contributed by atoms with E-state index >= 15 is 0 Å². The molecule has 1 heterocycles. The Balaban J connectivity index is 2.19. The number of halogens is 2. The number of aliphatic hydroxyl groups is 1. The SMILES string of the molecule is CC1CC(CO)(Nc2ccc(Cl)c(Br)c2)CC(C)O1. The number of hydrogen-bond acceptors (Lipinski definition) is 3. The minimum absolute atomic E-state index is 0.0886. The molecule has 2 atom stereocenters. The summed E-state index contributed by atoms with van der Waals surface area (Å²) in [7, 11) is 0. The summed E-state index contributed by atoms with van der Waals surface area (Å²) in [5.74, 6) is 0. The Bertz CT molecular complexity index is 445. The quantitative estimate of drug-likeness (QED) is 0.872. The molecule has 2 rings (SSSR count). The molecule has 0 radical (unpaired) electrons. The lowest BCUT2D eigenvalue weighted by Crippen LogP contribution is -2.51. The van der Waals surface area contributed by atoms with Crippen molar-refractivity contribution < 1.29 is 9.84 Å². The van der Waals surface area contributed by atoms with Crippen LogP contribution in [0.1, 0.15) is 26.7 Å². The van der Waals surface area contributed by atoms with Crippen LogP contribution in [0, 0.1) is 0 Å². The number of nitrogens with one attached hydrogen (secondary N) is 1. The molecular weight excluding hydrogens is 330 g/mol. The van der Waals surface area contributed by atoms with Crippen molar-refractivity contribution in [2.45, 2.75) is 44.4 Å². The van der Waals surface area contributed by atoms with E-state index in [2.05, 4.69) is 21.2 Å². The van der Waals surface area contributed by atoms with Gasteiger partial charge in [-0.25, -0.2) is 0 Å². The molecule has 19 heavy (non-hydrogen) atoms. The Morgan fingerprint density at radius 2 is 2.05 bits per heavy atom. The van der Waals surface area contributed by atoms with E-state index in [1.165, 1.54) is 0 Å². The highest BCUT2D eigenvalue weighted by molar-refractivity contribution is 9.10. The van der Waals surface area contributed by atoms with Crippen LogP contribution in [0.5, 0.6) is 0 Å². The average molecular weight is 349 g/mol. The van der Waals surface area contributed by atoms with Crippen LogP contribution in [0.15, 0.2) is 22.7 Å². The predicted octanol–water partition coefficient (Wildman–Crippen LogP) is 3.83. The van der Waals surface area contributed by atoms with Crippen LogP contribution < -0.4 is 5.32 Å². The lowest BCUT2D eigenvalue weighted by molar-refractivity contribution is -0.0653. The third kappa shape index (κ3) is 3.63. The van der Waals surface area contributed by atoms with Crippen molar-refractivity contribution in [2.75, 3.05) is 11.9 Å². The highest BCUT2D eigenvalue weighted by atomic mass is 79.9. The zero-order valence-corrected chi connectivity index (χ0v) is 13.5. The van der Waals surface area contributed by atoms with E-state index in [1.807, 2.05) is 32.0 Å². The van der Waals surface area contributed by atoms with Crippen LogP contribution in [-0.4, -0.2) is 29.5 Å². The fourth-order valence-electron chi connectivity index (χ4n) is 2.83.